The third kappa shape index (κ3) is 6.74. The number of likely N-dealkylation sites (tertiary alicyclic amines) is 2. The third-order valence-electron chi connectivity index (χ3n) is 9.09. The molecule has 242 valence electrons. The number of nitrogens with zero attached hydrogens (tertiary/aromatic N) is 3. The molecule has 12 heteroatoms. The molecule has 0 aliphatic carbocycles. The van der Waals surface area contributed by atoms with Crippen molar-refractivity contribution in [3.05, 3.63) is 70.0 Å². The van der Waals surface area contributed by atoms with Gasteiger partial charge in [0.15, 0.2) is 0 Å². The average molecular weight is 630 g/mol. The standard InChI is InChI=1S/C32H38F7N3O2/c1-18(2)28(43)42-15-24(16-42)41-10-9-27(26(17-41)25-8-7-23(33)11-19(25)3)40(6)29(44)30(4,5)20-12-21(31(34,35)36)14-22(13-20)32(37,38)39/h7-8,11-14,18,24,26-27H,9-10,15-17H2,1-6H3/t26-,27+/m0/s1. The first kappa shape index (κ1) is 33.7. The Morgan fingerprint density at radius 3 is 1.93 bits per heavy atom. The van der Waals surface area contributed by atoms with E-state index in [9.17, 15) is 40.3 Å². The minimum Gasteiger partial charge on any atom is -0.341 e. The van der Waals surface area contributed by atoms with Gasteiger partial charge in [-0.25, -0.2) is 4.39 Å². The molecule has 2 fully saturated rings. The Hall–Kier alpha value is -3.15. The molecular weight excluding hydrogens is 591 g/mol. The van der Waals surface area contributed by atoms with Crippen LogP contribution in [-0.2, 0) is 27.4 Å². The summed E-state index contributed by atoms with van der Waals surface area (Å²) in [7, 11) is 1.51. The molecule has 2 aromatic carbocycles. The number of amides is 2. The Bertz CT molecular complexity index is 1360. The quantitative estimate of drug-likeness (QED) is 0.337. The lowest BCUT2D eigenvalue weighted by Gasteiger charge is -2.51. The molecule has 0 saturated carbocycles. The Morgan fingerprint density at radius 1 is 0.886 bits per heavy atom. The van der Waals surface area contributed by atoms with Crippen LogP contribution in [0, 0.1) is 18.7 Å². The highest BCUT2D eigenvalue weighted by atomic mass is 19.4. The van der Waals surface area contributed by atoms with Crippen LogP contribution >= 0.6 is 0 Å². The summed E-state index contributed by atoms with van der Waals surface area (Å²) >= 11 is 0. The normalized spacial score (nSPS) is 20.5. The molecule has 44 heavy (non-hydrogen) atoms. The smallest absolute Gasteiger partial charge is 0.341 e. The van der Waals surface area contributed by atoms with Crippen molar-refractivity contribution in [2.45, 2.75) is 76.8 Å². The van der Waals surface area contributed by atoms with Gasteiger partial charge in [-0.05, 0) is 74.2 Å². The highest BCUT2D eigenvalue weighted by Gasteiger charge is 2.45. The number of piperidine rings is 1. The molecule has 2 saturated heterocycles. The Labute approximate surface area is 253 Å². The fraction of sp³-hybridized carbons (Fsp3) is 0.562. The second-order valence-electron chi connectivity index (χ2n) is 12.8. The molecule has 0 bridgehead atoms. The lowest BCUT2D eigenvalue weighted by molar-refractivity contribution is -0.144. The molecule has 5 nitrogen and oxygen atoms in total. The van der Waals surface area contributed by atoms with Crippen molar-refractivity contribution < 1.29 is 40.3 Å². The zero-order chi connectivity index (χ0) is 32.9. The first-order valence-corrected chi connectivity index (χ1v) is 14.6. The predicted octanol–water partition coefficient (Wildman–Crippen LogP) is 6.63. The van der Waals surface area contributed by atoms with E-state index in [1.807, 2.05) is 13.8 Å². The fourth-order valence-corrected chi connectivity index (χ4v) is 6.38. The van der Waals surface area contributed by atoms with E-state index >= 15 is 0 Å². The maximum absolute atomic E-state index is 14.1. The minimum atomic E-state index is -5.05. The van der Waals surface area contributed by atoms with Crippen molar-refractivity contribution >= 4 is 11.8 Å². The number of aryl methyl sites for hydroxylation is 1. The number of benzene rings is 2. The number of likely N-dealkylation sites (N-methyl/N-ethyl adjacent to an activating group) is 1. The van der Waals surface area contributed by atoms with Gasteiger partial charge in [-0.15, -0.1) is 0 Å². The first-order chi connectivity index (χ1) is 20.2. The maximum atomic E-state index is 14.1. The summed E-state index contributed by atoms with van der Waals surface area (Å²) in [5, 5.41) is 0. The maximum Gasteiger partial charge on any atom is 0.416 e. The molecule has 0 radical (unpaired) electrons. The highest BCUT2D eigenvalue weighted by Crippen LogP contribution is 2.41. The second kappa shape index (κ2) is 12.0. The summed E-state index contributed by atoms with van der Waals surface area (Å²) in [6, 6.07) is 5.27. The third-order valence-corrected chi connectivity index (χ3v) is 9.09. The van der Waals surface area contributed by atoms with Gasteiger partial charge >= 0.3 is 12.4 Å². The van der Waals surface area contributed by atoms with Crippen molar-refractivity contribution in [1.82, 2.24) is 14.7 Å². The lowest BCUT2D eigenvalue weighted by Crippen LogP contribution is -2.65. The summed E-state index contributed by atoms with van der Waals surface area (Å²) in [6.45, 7) is 10.3. The van der Waals surface area contributed by atoms with Gasteiger partial charge < -0.3 is 9.80 Å². The lowest BCUT2D eigenvalue weighted by atomic mass is 9.78. The monoisotopic (exact) mass is 629 g/mol. The largest absolute Gasteiger partial charge is 0.416 e. The molecule has 4 rings (SSSR count). The SMILES string of the molecule is Cc1cc(F)ccc1[C@@H]1CN(C2CN(C(=O)C(C)C)C2)CC[C@H]1N(C)C(=O)C(C)(C)c1cc(C(F)(F)F)cc(C(F)(F)F)c1. The second-order valence-corrected chi connectivity index (χ2v) is 12.8. The zero-order valence-electron chi connectivity index (χ0n) is 25.6. The molecular formula is C32H38F7N3O2. The molecule has 2 aliphatic heterocycles. The number of rotatable bonds is 6. The molecule has 0 spiro atoms. The zero-order valence-corrected chi connectivity index (χ0v) is 25.6. The van der Waals surface area contributed by atoms with Crippen molar-refractivity contribution in [2.24, 2.45) is 5.92 Å². The topological polar surface area (TPSA) is 43.9 Å². The van der Waals surface area contributed by atoms with Gasteiger partial charge in [0.2, 0.25) is 11.8 Å². The summed E-state index contributed by atoms with van der Waals surface area (Å²) in [5.74, 6) is -1.43. The molecule has 2 amide bonds. The number of alkyl halides is 6. The van der Waals surface area contributed by atoms with Crippen molar-refractivity contribution in [2.75, 3.05) is 33.2 Å². The Morgan fingerprint density at radius 2 is 1.43 bits per heavy atom. The van der Waals surface area contributed by atoms with E-state index in [0.29, 0.717) is 50.3 Å². The van der Waals surface area contributed by atoms with E-state index in [1.165, 1.54) is 37.9 Å². The fourth-order valence-electron chi connectivity index (χ4n) is 6.38. The first-order valence-electron chi connectivity index (χ1n) is 14.6. The van der Waals surface area contributed by atoms with E-state index in [-0.39, 0.29) is 29.9 Å². The van der Waals surface area contributed by atoms with E-state index in [2.05, 4.69) is 4.90 Å². The van der Waals surface area contributed by atoms with Gasteiger partial charge in [0.05, 0.1) is 16.5 Å². The van der Waals surface area contributed by atoms with Gasteiger partial charge in [-0.2, -0.15) is 26.3 Å². The van der Waals surface area contributed by atoms with Crippen LogP contribution in [0.3, 0.4) is 0 Å². The van der Waals surface area contributed by atoms with E-state index in [4.69, 9.17) is 0 Å². The summed E-state index contributed by atoms with van der Waals surface area (Å²) in [5.41, 5.74) is -3.63. The minimum absolute atomic E-state index is 0.0488. The number of hydrogen-bond acceptors (Lipinski definition) is 3. The Balaban J connectivity index is 1.65. The van der Waals surface area contributed by atoms with Gasteiger partial charge in [0.25, 0.3) is 0 Å². The van der Waals surface area contributed by atoms with Crippen LogP contribution in [0.15, 0.2) is 36.4 Å². The van der Waals surface area contributed by atoms with Crippen molar-refractivity contribution in [3.8, 4) is 0 Å². The number of carbonyl (C=O) groups excluding carboxylic acids is 2. The molecule has 0 N–H and O–H groups in total. The number of hydrogen-bond donors (Lipinski definition) is 0. The highest BCUT2D eigenvalue weighted by molar-refractivity contribution is 5.87. The summed E-state index contributed by atoms with van der Waals surface area (Å²) in [6.07, 6.45) is -9.63. The average Bonchev–Trinajstić information content (AvgIpc) is 2.90. The molecule has 0 unspecified atom stereocenters. The van der Waals surface area contributed by atoms with Crippen molar-refractivity contribution in [1.29, 1.82) is 0 Å². The van der Waals surface area contributed by atoms with Crippen LogP contribution in [0.5, 0.6) is 0 Å². The van der Waals surface area contributed by atoms with Gasteiger partial charge in [0, 0.05) is 57.1 Å². The van der Waals surface area contributed by atoms with E-state index < -0.39 is 52.2 Å². The molecule has 2 atom stereocenters. The van der Waals surface area contributed by atoms with Gasteiger partial charge in [-0.1, -0.05) is 19.9 Å². The van der Waals surface area contributed by atoms with Gasteiger partial charge in [0.1, 0.15) is 5.82 Å². The van der Waals surface area contributed by atoms with Crippen LogP contribution in [0.4, 0.5) is 30.7 Å². The van der Waals surface area contributed by atoms with Crippen LogP contribution in [0.1, 0.15) is 67.9 Å². The van der Waals surface area contributed by atoms with Crippen LogP contribution in [0.2, 0.25) is 0 Å². The van der Waals surface area contributed by atoms with Crippen LogP contribution < -0.4 is 0 Å². The van der Waals surface area contributed by atoms with Crippen molar-refractivity contribution in [3.63, 3.8) is 0 Å². The van der Waals surface area contributed by atoms with Gasteiger partial charge in [-0.3, -0.25) is 14.5 Å². The number of carbonyl (C=O) groups is 2. The van der Waals surface area contributed by atoms with Crippen LogP contribution in [-0.4, -0.2) is 71.8 Å². The molecule has 0 aromatic heterocycles. The predicted molar refractivity (Wildman–Crippen MR) is 151 cm³/mol. The molecule has 2 aromatic rings. The van der Waals surface area contributed by atoms with Crippen LogP contribution in [0.25, 0.3) is 0 Å². The summed E-state index contributed by atoms with van der Waals surface area (Å²) < 4.78 is 95.7. The van der Waals surface area contributed by atoms with E-state index in [1.54, 1.807) is 17.9 Å². The summed E-state index contributed by atoms with van der Waals surface area (Å²) in [4.78, 5) is 31.9. The Kier molecular flexibility index (Phi) is 9.19. The molecule has 2 heterocycles. The molecule has 2 aliphatic rings. The van der Waals surface area contributed by atoms with E-state index in [0.717, 1.165) is 5.56 Å². The number of halogens is 7.